The lowest BCUT2D eigenvalue weighted by atomic mass is 10.1. The molecule has 2 amide bonds. The highest BCUT2D eigenvalue weighted by Crippen LogP contribution is 2.36. The third-order valence-corrected chi connectivity index (χ3v) is 4.54. The molecule has 1 saturated heterocycles. The van der Waals surface area contributed by atoms with Crippen molar-refractivity contribution in [2.45, 2.75) is 49.5 Å². The second kappa shape index (κ2) is 10.9. The number of anilines is 1. The van der Waals surface area contributed by atoms with Gasteiger partial charge in [0.25, 0.3) is 0 Å². The van der Waals surface area contributed by atoms with Crippen molar-refractivity contribution in [2.24, 2.45) is 5.73 Å². The minimum atomic E-state index is -1.70. The smallest absolute Gasteiger partial charge is 0.351 e. The molecule has 0 bridgehead atoms. The molecule has 1 aliphatic rings. The molecule has 16 heteroatoms. The maximum Gasteiger partial charge on any atom is 0.351 e. The van der Waals surface area contributed by atoms with Gasteiger partial charge < -0.3 is 46.6 Å². The lowest BCUT2D eigenvalue weighted by Gasteiger charge is -2.15. The minimum absolute atomic E-state index is 0.238. The summed E-state index contributed by atoms with van der Waals surface area (Å²) in [5, 5.41) is 50.1. The molecular weight excluding hydrogens is 450 g/mol. The largest absolute Gasteiger partial charge is 0.480 e. The summed E-state index contributed by atoms with van der Waals surface area (Å²) in [6, 6.07) is -2.06. The Morgan fingerprint density at radius 2 is 1.82 bits per heavy atom. The van der Waals surface area contributed by atoms with Crippen LogP contribution < -0.4 is 22.1 Å². The molecule has 0 spiro atoms. The summed E-state index contributed by atoms with van der Waals surface area (Å²) in [7, 11) is 0. The Morgan fingerprint density at radius 3 is 2.36 bits per heavy atom. The second-order valence-corrected chi connectivity index (χ2v) is 7.09. The molecule has 0 aromatic carbocycles. The predicted molar refractivity (Wildman–Crippen MR) is 105 cm³/mol. The number of carbonyl (C=O) groups is 4. The maximum atomic E-state index is 12.2. The van der Waals surface area contributed by atoms with Crippen LogP contribution in [0, 0.1) is 0 Å². The molecule has 0 saturated carbocycles. The monoisotopic (exact) mass is 473 g/mol. The van der Waals surface area contributed by atoms with Crippen LogP contribution in [0.25, 0.3) is 0 Å². The molecule has 6 atom stereocenters. The topological polar surface area (TPSA) is 267 Å². The molecular formula is C17H23N5O11. The van der Waals surface area contributed by atoms with Crippen LogP contribution in [0.15, 0.2) is 17.1 Å². The van der Waals surface area contributed by atoms with E-state index in [4.69, 9.17) is 20.7 Å². The summed E-state index contributed by atoms with van der Waals surface area (Å²) in [5.74, 6) is -5.17. The highest BCUT2D eigenvalue weighted by atomic mass is 16.6. The van der Waals surface area contributed by atoms with Gasteiger partial charge in [-0.15, -0.1) is 0 Å². The number of carbonyl (C=O) groups excluding carboxylic acids is 2. The van der Waals surface area contributed by atoms with Crippen LogP contribution in [-0.4, -0.2) is 95.8 Å². The molecule has 1 aromatic rings. The van der Waals surface area contributed by atoms with Crippen LogP contribution in [0.1, 0.15) is 19.1 Å². The molecule has 2 heterocycles. The standard InChI is InChI=1S/C17H23N5O11/c18-6(15(28)29)3-10(25)19-7(16(30)31)4-11(26)20-9-1-2-22(17(32)21-9)14-13(33-14)12(27)8(24)5-23/h1-2,6-8,12-14,23-24,27H,3-5,18H2,(H,19,25)(H,28,29)(H,30,31)(H,20,21,26,32)/t6-,7?,8?,12?,13?,14?/m0/s1. The number of aliphatic carboxylic acids is 2. The summed E-state index contributed by atoms with van der Waals surface area (Å²) in [4.78, 5) is 61.6. The van der Waals surface area contributed by atoms with Crippen molar-refractivity contribution in [3.8, 4) is 0 Å². The van der Waals surface area contributed by atoms with Gasteiger partial charge in [-0.05, 0) is 6.07 Å². The number of epoxide rings is 1. The number of nitrogens with zero attached hydrogens (tertiary/aromatic N) is 2. The Morgan fingerprint density at radius 1 is 1.15 bits per heavy atom. The van der Waals surface area contributed by atoms with E-state index in [2.05, 4.69) is 10.3 Å². The maximum absolute atomic E-state index is 12.2. The lowest BCUT2D eigenvalue weighted by Crippen LogP contribution is -2.46. The van der Waals surface area contributed by atoms with E-state index in [1.54, 1.807) is 0 Å². The van der Waals surface area contributed by atoms with E-state index < -0.39 is 85.5 Å². The summed E-state index contributed by atoms with van der Waals surface area (Å²) in [6.07, 6.45) is -5.10. The third kappa shape index (κ3) is 7.02. The Kier molecular flexibility index (Phi) is 8.55. The van der Waals surface area contributed by atoms with Gasteiger partial charge in [0.1, 0.15) is 36.2 Å². The number of rotatable bonds is 12. The van der Waals surface area contributed by atoms with Gasteiger partial charge in [-0.25, -0.2) is 9.59 Å². The van der Waals surface area contributed by atoms with Gasteiger partial charge in [-0.3, -0.25) is 19.0 Å². The number of carboxylic acid groups (broad SMARTS) is 2. The zero-order chi connectivity index (χ0) is 24.9. The zero-order valence-corrected chi connectivity index (χ0v) is 16.9. The Labute approximate surface area is 184 Å². The van der Waals surface area contributed by atoms with Crippen molar-refractivity contribution < 1.29 is 49.4 Å². The van der Waals surface area contributed by atoms with Crippen LogP contribution >= 0.6 is 0 Å². The Bertz CT molecular complexity index is 967. The van der Waals surface area contributed by atoms with Gasteiger partial charge in [0.15, 0.2) is 6.23 Å². The number of ether oxygens (including phenoxy) is 1. The molecule has 16 nitrogen and oxygen atoms in total. The van der Waals surface area contributed by atoms with Crippen LogP contribution in [0.5, 0.6) is 0 Å². The second-order valence-electron chi connectivity index (χ2n) is 7.09. The first kappa shape index (κ1) is 25.8. The van der Waals surface area contributed by atoms with E-state index in [-0.39, 0.29) is 5.82 Å². The van der Waals surface area contributed by atoms with Gasteiger partial charge in [-0.1, -0.05) is 0 Å². The molecule has 2 rings (SSSR count). The number of nitrogens with one attached hydrogen (secondary N) is 2. The summed E-state index contributed by atoms with van der Waals surface area (Å²) in [5.41, 5.74) is 4.31. The quantitative estimate of drug-likeness (QED) is 0.133. The number of hydrogen-bond donors (Lipinski definition) is 8. The van der Waals surface area contributed by atoms with Crippen molar-refractivity contribution in [3.63, 3.8) is 0 Å². The lowest BCUT2D eigenvalue weighted by molar-refractivity contribution is -0.144. The molecule has 1 aromatic heterocycles. The fraction of sp³-hybridized carbons (Fsp3) is 0.529. The van der Waals surface area contributed by atoms with Gasteiger partial charge in [0.05, 0.1) is 19.4 Å². The molecule has 5 unspecified atom stereocenters. The van der Waals surface area contributed by atoms with Crippen molar-refractivity contribution >= 4 is 29.6 Å². The number of amides is 2. The van der Waals surface area contributed by atoms with E-state index in [0.717, 1.165) is 4.57 Å². The fourth-order valence-electron chi connectivity index (χ4n) is 2.71. The average Bonchev–Trinajstić information content (AvgIpc) is 3.52. The highest BCUT2D eigenvalue weighted by Gasteiger charge is 2.48. The van der Waals surface area contributed by atoms with Crippen molar-refractivity contribution in [1.29, 1.82) is 0 Å². The van der Waals surface area contributed by atoms with Gasteiger partial charge in [-0.2, -0.15) is 4.98 Å². The molecule has 0 aliphatic carbocycles. The highest BCUT2D eigenvalue weighted by molar-refractivity contribution is 5.95. The number of nitrogens with two attached hydrogens (primary N) is 1. The third-order valence-electron chi connectivity index (χ3n) is 4.54. The van der Waals surface area contributed by atoms with Crippen LogP contribution in [0.4, 0.5) is 5.82 Å². The first-order valence-corrected chi connectivity index (χ1v) is 9.46. The first-order chi connectivity index (χ1) is 15.4. The molecule has 182 valence electrons. The fourth-order valence-corrected chi connectivity index (χ4v) is 2.71. The molecule has 1 aliphatic heterocycles. The van der Waals surface area contributed by atoms with Crippen LogP contribution in [0.3, 0.4) is 0 Å². The van der Waals surface area contributed by atoms with E-state index in [1.165, 1.54) is 12.3 Å². The number of aliphatic hydroxyl groups excluding tert-OH is 3. The van der Waals surface area contributed by atoms with E-state index in [1.807, 2.05) is 5.32 Å². The number of aromatic nitrogens is 2. The van der Waals surface area contributed by atoms with Gasteiger partial charge in [0.2, 0.25) is 11.8 Å². The van der Waals surface area contributed by atoms with Crippen LogP contribution in [0.2, 0.25) is 0 Å². The van der Waals surface area contributed by atoms with Crippen molar-refractivity contribution in [1.82, 2.24) is 14.9 Å². The normalized spacial score (nSPS) is 20.7. The molecule has 0 radical (unpaired) electrons. The predicted octanol–water partition coefficient (Wildman–Crippen LogP) is -4.45. The molecule has 33 heavy (non-hydrogen) atoms. The number of hydrogen-bond acceptors (Lipinski definition) is 11. The van der Waals surface area contributed by atoms with Crippen molar-refractivity contribution in [3.05, 3.63) is 22.7 Å². The Hall–Kier alpha value is -3.44. The van der Waals surface area contributed by atoms with Gasteiger partial charge >= 0.3 is 17.6 Å². The average molecular weight is 473 g/mol. The minimum Gasteiger partial charge on any atom is -0.480 e. The number of aliphatic hydroxyl groups is 3. The summed E-state index contributed by atoms with van der Waals surface area (Å²) < 4.78 is 6.08. The first-order valence-electron chi connectivity index (χ1n) is 9.46. The van der Waals surface area contributed by atoms with Crippen LogP contribution in [-0.2, 0) is 23.9 Å². The molecule has 1 fully saturated rings. The zero-order valence-electron chi connectivity index (χ0n) is 16.9. The van der Waals surface area contributed by atoms with E-state index in [9.17, 15) is 39.3 Å². The van der Waals surface area contributed by atoms with Gasteiger partial charge in [0, 0.05) is 6.20 Å². The van der Waals surface area contributed by atoms with E-state index >= 15 is 0 Å². The van der Waals surface area contributed by atoms with Crippen molar-refractivity contribution in [2.75, 3.05) is 11.9 Å². The number of carboxylic acids is 2. The SMILES string of the molecule is N[C@@H](CC(=O)NC(CC(=O)Nc1ccn(C2OC2C(O)C(O)CO)c(=O)n1)C(=O)O)C(=O)O. The summed E-state index contributed by atoms with van der Waals surface area (Å²) in [6.45, 7) is -0.712. The van der Waals surface area contributed by atoms with E-state index in [0.29, 0.717) is 0 Å². The Balaban J connectivity index is 1.96. The molecule has 9 N–H and O–H groups in total. The summed E-state index contributed by atoms with van der Waals surface area (Å²) >= 11 is 0.